The van der Waals surface area contributed by atoms with Crippen LogP contribution in [0.15, 0.2) is 12.2 Å². The SMILES string of the molecule is COc1c2c(c(CCCO)c3c1C=CC(C)(C)O3)OC(C)(C)C=C2. The van der Waals surface area contributed by atoms with Gasteiger partial charge in [-0.05, 0) is 64.8 Å². The van der Waals surface area contributed by atoms with Crippen LogP contribution in [0.1, 0.15) is 50.8 Å². The van der Waals surface area contributed by atoms with E-state index in [9.17, 15) is 5.11 Å². The molecule has 0 amide bonds. The number of fused-ring (bicyclic) bond motifs is 2. The fraction of sp³-hybridized carbons (Fsp3) is 0.500. The van der Waals surface area contributed by atoms with E-state index in [1.807, 2.05) is 39.8 Å². The van der Waals surface area contributed by atoms with Gasteiger partial charge in [0, 0.05) is 12.2 Å². The lowest BCUT2D eigenvalue weighted by Gasteiger charge is -2.35. The summed E-state index contributed by atoms with van der Waals surface area (Å²) >= 11 is 0. The second kappa shape index (κ2) is 5.85. The van der Waals surface area contributed by atoms with Gasteiger partial charge in [-0.1, -0.05) is 0 Å². The van der Waals surface area contributed by atoms with Crippen molar-refractivity contribution in [3.8, 4) is 17.2 Å². The van der Waals surface area contributed by atoms with E-state index in [4.69, 9.17) is 14.2 Å². The average Bonchev–Trinajstić information content (AvgIpc) is 2.50. The van der Waals surface area contributed by atoms with Gasteiger partial charge in [0.2, 0.25) is 0 Å². The smallest absolute Gasteiger partial charge is 0.140 e. The Morgan fingerprint density at radius 1 is 0.958 bits per heavy atom. The standard InChI is InChI=1S/C20H26O4/c1-19(2)10-8-14-16(22-5)15-9-11-20(3,4)24-18(15)13(7-6-12-21)17(14)23-19/h8-11,21H,6-7,12H2,1-5H3. The van der Waals surface area contributed by atoms with Gasteiger partial charge in [-0.15, -0.1) is 0 Å². The molecule has 1 aromatic rings. The molecule has 0 bridgehead atoms. The van der Waals surface area contributed by atoms with Gasteiger partial charge >= 0.3 is 0 Å². The van der Waals surface area contributed by atoms with E-state index in [0.717, 1.165) is 33.9 Å². The molecule has 1 aromatic carbocycles. The molecule has 2 heterocycles. The van der Waals surface area contributed by atoms with Gasteiger partial charge < -0.3 is 19.3 Å². The summed E-state index contributed by atoms with van der Waals surface area (Å²) in [5.41, 5.74) is 2.11. The summed E-state index contributed by atoms with van der Waals surface area (Å²) in [5.74, 6) is 2.38. The Bertz CT molecular complexity index is 658. The fourth-order valence-corrected chi connectivity index (χ4v) is 3.18. The quantitative estimate of drug-likeness (QED) is 0.907. The lowest BCUT2D eigenvalue weighted by Crippen LogP contribution is -2.31. The highest BCUT2D eigenvalue weighted by molar-refractivity contribution is 5.81. The molecule has 0 aliphatic carbocycles. The zero-order valence-electron chi connectivity index (χ0n) is 15.1. The molecule has 0 aromatic heterocycles. The molecule has 0 fully saturated rings. The van der Waals surface area contributed by atoms with Crippen LogP contribution in [0.5, 0.6) is 17.2 Å². The van der Waals surface area contributed by atoms with Gasteiger partial charge in [-0.2, -0.15) is 0 Å². The van der Waals surface area contributed by atoms with Gasteiger partial charge in [0.15, 0.2) is 0 Å². The van der Waals surface area contributed by atoms with Crippen LogP contribution in [-0.2, 0) is 6.42 Å². The molecule has 0 radical (unpaired) electrons. The van der Waals surface area contributed by atoms with Crippen LogP contribution in [0.2, 0.25) is 0 Å². The van der Waals surface area contributed by atoms with Gasteiger partial charge in [-0.3, -0.25) is 0 Å². The molecule has 0 spiro atoms. The molecule has 2 aliphatic heterocycles. The van der Waals surface area contributed by atoms with E-state index in [1.165, 1.54) is 0 Å². The van der Waals surface area contributed by atoms with Crippen LogP contribution in [0.3, 0.4) is 0 Å². The van der Waals surface area contributed by atoms with Crippen molar-refractivity contribution in [3.63, 3.8) is 0 Å². The molecule has 1 N–H and O–H groups in total. The Morgan fingerprint density at radius 3 is 1.88 bits per heavy atom. The van der Waals surface area contributed by atoms with Gasteiger partial charge in [0.25, 0.3) is 0 Å². The lowest BCUT2D eigenvalue weighted by atomic mass is 9.90. The van der Waals surface area contributed by atoms with Crippen molar-refractivity contribution in [1.29, 1.82) is 0 Å². The maximum Gasteiger partial charge on any atom is 0.140 e. The fourth-order valence-electron chi connectivity index (χ4n) is 3.18. The van der Waals surface area contributed by atoms with Gasteiger partial charge in [0.05, 0.1) is 18.2 Å². The van der Waals surface area contributed by atoms with Crippen molar-refractivity contribution in [2.45, 2.75) is 51.7 Å². The number of methoxy groups -OCH3 is 1. The van der Waals surface area contributed by atoms with E-state index < -0.39 is 0 Å². The number of aliphatic hydroxyl groups is 1. The topological polar surface area (TPSA) is 47.9 Å². The third-order valence-electron chi connectivity index (χ3n) is 4.35. The highest BCUT2D eigenvalue weighted by Gasteiger charge is 2.34. The molecule has 0 saturated heterocycles. The molecular weight excluding hydrogens is 304 g/mol. The summed E-state index contributed by atoms with van der Waals surface area (Å²) in [5, 5.41) is 9.31. The van der Waals surface area contributed by atoms with Gasteiger partial charge in [-0.25, -0.2) is 0 Å². The Balaban J connectivity index is 2.27. The van der Waals surface area contributed by atoms with Crippen LogP contribution in [-0.4, -0.2) is 30.0 Å². The predicted octanol–water partition coefficient (Wildman–Crippen LogP) is 3.99. The zero-order valence-corrected chi connectivity index (χ0v) is 15.1. The average molecular weight is 330 g/mol. The summed E-state index contributed by atoms with van der Waals surface area (Å²) in [6, 6.07) is 0. The van der Waals surface area contributed by atoms with Crippen LogP contribution < -0.4 is 14.2 Å². The lowest BCUT2D eigenvalue weighted by molar-refractivity contribution is 0.142. The molecule has 0 saturated carbocycles. The predicted molar refractivity (Wildman–Crippen MR) is 95.9 cm³/mol. The number of rotatable bonds is 4. The van der Waals surface area contributed by atoms with Crippen LogP contribution >= 0.6 is 0 Å². The highest BCUT2D eigenvalue weighted by atomic mass is 16.5. The minimum absolute atomic E-state index is 0.133. The molecule has 4 nitrogen and oxygen atoms in total. The third kappa shape index (κ3) is 2.91. The van der Waals surface area contributed by atoms with Crippen molar-refractivity contribution in [1.82, 2.24) is 0 Å². The van der Waals surface area contributed by atoms with Gasteiger partial charge in [0.1, 0.15) is 28.5 Å². The first-order valence-electron chi connectivity index (χ1n) is 8.42. The monoisotopic (exact) mass is 330 g/mol. The summed E-state index contributed by atoms with van der Waals surface area (Å²) in [6.07, 6.45) is 9.56. The van der Waals surface area contributed by atoms with Crippen molar-refractivity contribution in [3.05, 3.63) is 28.8 Å². The Hall–Kier alpha value is -1.94. The van der Waals surface area contributed by atoms with Crippen molar-refractivity contribution >= 4 is 12.2 Å². The van der Waals surface area contributed by atoms with Crippen molar-refractivity contribution < 1.29 is 19.3 Å². The second-order valence-corrected chi connectivity index (χ2v) is 7.40. The first-order valence-corrected chi connectivity index (χ1v) is 8.42. The number of benzene rings is 1. The second-order valence-electron chi connectivity index (χ2n) is 7.40. The van der Waals surface area contributed by atoms with E-state index in [-0.39, 0.29) is 17.8 Å². The summed E-state index contributed by atoms with van der Waals surface area (Å²) in [6.45, 7) is 8.24. The minimum Gasteiger partial charge on any atom is -0.495 e. The van der Waals surface area contributed by atoms with E-state index in [0.29, 0.717) is 12.8 Å². The van der Waals surface area contributed by atoms with Crippen LogP contribution in [0.25, 0.3) is 12.2 Å². The maximum absolute atomic E-state index is 9.31. The summed E-state index contributed by atoms with van der Waals surface area (Å²) in [7, 11) is 1.67. The first-order chi connectivity index (χ1) is 11.3. The van der Waals surface area contributed by atoms with Crippen molar-refractivity contribution in [2.24, 2.45) is 0 Å². The Morgan fingerprint density at radius 2 is 1.46 bits per heavy atom. The largest absolute Gasteiger partial charge is 0.495 e. The zero-order chi connectivity index (χ0) is 17.5. The molecule has 130 valence electrons. The Kier molecular flexibility index (Phi) is 4.12. The summed E-state index contributed by atoms with van der Waals surface area (Å²) in [4.78, 5) is 0. The highest BCUT2D eigenvalue weighted by Crippen LogP contribution is 2.50. The van der Waals surface area contributed by atoms with E-state index >= 15 is 0 Å². The summed E-state index contributed by atoms with van der Waals surface area (Å²) < 4.78 is 18.2. The number of aliphatic hydroxyl groups excluding tert-OH is 1. The normalized spacial score (nSPS) is 19.1. The van der Waals surface area contributed by atoms with E-state index in [1.54, 1.807) is 7.11 Å². The van der Waals surface area contributed by atoms with Crippen LogP contribution in [0.4, 0.5) is 0 Å². The van der Waals surface area contributed by atoms with E-state index in [2.05, 4.69) is 12.2 Å². The third-order valence-corrected chi connectivity index (χ3v) is 4.35. The van der Waals surface area contributed by atoms with Crippen LogP contribution in [0, 0.1) is 0 Å². The molecule has 0 unspecified atom stereocenters. The Labute approximate surface area is 143 Å². The minimum atomic E-state index is -0.389. The number of hydrogen-bond donors (Lipinski definition) is 1. The molecule has 24 heavy (non-hydrogen) atoms. The maximum atomic E-state index is 9.31. The number of hydrogen-bond acceptors (Lipinski definition) is 4. The molecule has 4 heteroatoms. The molecule has 3 rings (SSSR count). The number of ether oxygens (including phenoxy) is 3. The molecule has 0 atom stereocenters. The molecule has 2 aliphatic rings. The molecular formula is C20H26O4. The van der Waals surface area contributed by atoms with Crippen molar-refractivity contribution in [2.75, 3.05) is 13.7 Å². The first kappa shape index (κ1) is 16.9.